The van der Waals surface area contributed by atoms with Crippen molar-refractivity contribution in [3.8, 4) is 5.75 Å². The fourth-order valence-electron chi connectivity index (χ4n) is 2.72. The molecule has 13 heteroatoms. The molecule has 2 aromatic carbocycles. The lowest BCUT2D eigenvalue weighted by Crippen LogP contribution is -2.43. The summed E-state index contributed by atoms with van der Waals surface area (Å²) < 4.78 is 68.4. The van der Waals surface area contributed by atoms with Gasteiger partial charge in [-0.3, -0.25) is 14.5 Å². The molecule has 33 heavy (non-hydrogen) atoms. The molecular weight excluding hydrogens is 493 g/mol. The molecule has 6 nitrogen and oxygen atoms in total. The molecular formula is C20H15ClF5N3O3S. The van der Waals surface area contributed by atoms with Crippen molar-refractivity contribution in [2.75, 3.05) is 12.4 Å². The molecule has 0 radical (unpaired) electrons. The Kier molecular flexibility index (Phi) is 7.17. The highest BCUT2D eigenvalue weighted by Crippen LogP contribution is 2.33. The third-order valence-electron chi connectivity index (χ3n) is 4.31. The van der Waals surface area contributed by atoms with Crippen molar-refractivity contribution in [2.45, 2.75) is 23.4 Å². The van der Waals surface area contributed by atoms with Crippen LogP contribution in [0.25, 0.3) is 0 Å². The minimum Gasteiger partial charge on any atom is -0.420 e. The second kappa shape index (κ2) is 9.56. The number of hydrogen-bond acceptors (Lipinski definition) is 5. The van der Waals surface area contributed by atoms with Crippen LogP contribution in [0.4, 0.5) is 33.3 Å². The van der Waals surface area contributed by atoms with E-state index >= 15 is 0 Å². The summed E-state index contributed by atoms with van der Waals surface area (Å²) in [5.41, 5.74) is -4.56. The lowest BCUT2D eigenvalue weighted by molar-refractivity contribution is -0.137. The third-order valence-corrected chi connectivity index (χ3v) is 5.63. The van der Waals surface area contributed by atoms with Gasteiger partial charge in [0.25, 0.3) is 0 Å². The van der Waals surface area contributed by atoms with Crippen LogP contribution in [0.15, 0.2) is 53.5 Å². The summed E-state index contributed by atoms with van der Waals surface area (Å²) in [5, 5.41) is 1.68. The zero-order chi connectivity index (χ0) is 24.4. The first kappa shape index (κ1) is 24.8. The van der Waals surface area contributed by atoms with Crippen molar-refractivity contribution in [3.63, 3.8) is 0 Å². The van der Waals surface area contributed by atoms with Gasteiger partial charge in [0.1, 0.15) is 11.0 Å². The zero-order valence-corrected chi connectivity index (χ0v) is 18.3. The summed E-state index contributed by atoms with van der Waals surface area (Å²) in [6.45, 7) is 0. The van der Waals surface area contributed by atoms with Crippen LogP contribution in [0.1, 0.15) is 12.0 Å². The first-order valence-electron chi connectivity index (χ1n) is 9.18. The Labute approximate surface area is 193 Å². The number of amides is 2. The largest absolute Gasteiger partial charge is 0.487 e. The van der Waals surface area contributed by atoms with E-state index in [1.54, 1.807) is 0 Å². The van der Waals surface area contributed by atoms with Gasteiger partial charge in [-0.25, -0.2) is 4.99 Å². The Hall–Kier alpha value is -2.86. The summed E-state index contributed by atoms with van der Waals surface area (Å²) >= 11 is 5.60. The van der Waals surface area contributed by atoms with Gasteiger partial charge in [-0.15, -0.1) is 8.78 Å². The molecule has 1 N–H and O–H groups in total. The molecule has 0 bridgehead atoms. The van der Waals surface area contributed by atoms with Crippen molar-refractivity contribution >= 4 is 51.7 Å². The highest BCUT2D eigenvalue weighted by molar-refractivity contribution is 8.15. The molecule has 176 valence electrons. The number of anilines is 1. The van der Waals surface area contributed by atoms with Crippen LogP contribution in [0.5, 0.6) is 5.75 Å². The third kappa shape index (κ3) is 6.81. The van der Waals surface area contributed by atoms with Gasteiger partial charge in [0.15, 0.2) is 5.17 Å². The van der Waals surface area contributed by atoms with Crippen LogP contribution < -0.4 is 10.1 Å². The van der Waals surface area contributed by atoms with Gasteiger partial charge in [-0.2, -0.15) is 13.2 Å². The summed E-state index contributed by atoms with van der Waals surface area (Å²) in [5.74, 6) is -1.25. The summed E-state index contributed by atoms with van der Waals surface area (Å²) in [6, 6.07) is 9.20. The van der Waals surface area contributed by atoms with E-state index in [2.05, 4.69) is 15.0 Å². The molecule has 0 unspecified atom stereocenters. The highest BCUT2D eigenvalue weighted by atomic mass is 35.5. The predicted molar refractivity (Wildman–Crippen MR) is 114 cm³/mol. The Morgan fingerprint density at radius 2 is 1.85 bits per heavy atom. The number of aliphatic imine (C=N–C) groups is 1. The van der Waals surface area contributed by atoms with Gasteiger partial charge in [0.05, 0.1) is 11.3 Å². The Morgan fingerprint density at radius 3 is 2.45 bits per heavy atom. The fraction of sp³-hybridized carbons (Fsp3) is 0.250. The molecule has 2 aromatic rings. The Balaban J connectivity index is 1.74. The van der Waals surface area contributed by atoms with Crippen LogP contribution in [-0.2, 0) is 15.8 Å². The number of ether oxygens (including phenoxy) is 1. The summed E-state index contributed by atoms with van der Waals surface area (Å²) in [4.78, 5) is 30.2. The molecule has 1 heterocycles. The SMILES string of the molecule is CN1C(=O)C[C@H](C(=O)Nc2ccc(OC(F)(F)Cl)cc2)SC1=Nc1cccc(C(F)(F)F)c1. The molecule has 1 aliphatic heterocycles. The standard InChI is InChI=1S/C20H15ClF5N3O3S/c1-29-16(30)10-15(17(31)27-12-5-7-14(8-6-12)32-20(21,25)26)33-18(29)28-13-4-2-3-11(9-13)19(22,23)24/h2-9,15H,10H2,1H3,(H,27,31)/t15-/m1/s1. The summed E-state index contributed by atoms with van der Waals surface area (Å²) in [6.07, 6.45) is -4.73. The molecule has 0 aromatic heterocycles. The minimum absolute atomic E-state index is 0.0280. The summed E-state index contributed by atoms with van der Waals surface area (Å²) in [7, 11) is 1.40. The number of alkyl halides is 6. The number of benzene rings is 2. The number of amidine groups is 1. The predicted octanol–water partition coefficient (Wildman–Crippen LogP) is 5.46. The molecule has 1 saturated heterocycles. The van der Waals surface area contributed by atoms with Crippen molar-refractivity contribution < 1.29 is 36.3 Å². The van der Waals surface area contributed by atoms with Gasteiger partial charge < -0.3 is 10.1 Å². The second-order valence-corrected chi connectivity index (χ2v) is 8.38. The smallest absolute Gasteiger partial charge is 0.420 e. The van der Waals surface area contributed by atoms with E-state index in [0.717, 1.165) is 28.8 Å². The van der Waals surface area contributed by atoms with Crippen LogP contribution in [-0.4, -0.2) is 39.7 Å². The zero-order valence-electron chi connectivity index (χ0n) is 16.7. The van der Waals surface area contributed by atoms with E-state index in [4.69, 9.17) is 11.6 Å². The van der Waals surface area contributed by atoms with E-state index in [1.165, 1.54) is 43.4 Å². The number of nitrogens with zero attached hydrogens (tertiary/aromatic N) is 2. The van der Waals surface area contributed by atoms with E-state index in [-0.39, 0.29) is 28.7 Å². The first-order chi connectivity index (χ1) is 15.3. The van der Waals surface area contributed by atoms with Gasteiger partial charge in [-0.05, 0) is 42.5 Å². The van der Waals surface area contributed by atoms with Crippen molar-refractivity contribution in [2.24, 2.45) is 4.99 Å². The molecule has 3 rings (SSSR count). The van der Waals surface area contributed by atoms with E-state index < -0.39 is 34.4 Å². The van der Waals surface area contributed by atoms with Crippen molar-refractivity contribution in [1.29, 1.82) is 0 Å². The highest BCUT2D eigenvalue weighted by Gasteiger charge is 2.35. The van der Waals surface area contributed by atoms with E-state index in [0.29, 0.717) is 0 Å². The molecule has 1 aliphatic rings. The maximum atomic E-state index is 12.9. The van der Waals surface area contributed by atoms with E-state index in [9.17, 15) is 31.5 Å². The second-order valence-electron chi connectivity index (χ2n) is 6.77. The van der Waals surface area contributed by atoms with Crippen LogP contribution in [0.3, 0.4) is 0 Å². The average Bonchev–Trinajstić information content (AvgIpc) is 2.71. The molecule has 1 atom stereocenters. The average molecular weight is 508 g/mol. The molecule has 0 spiro atoms. The maximum Gasteiger partial charge on any atom is 0.487 e. The number of thioether (sulfide) groups is 1. The maximum absolute atomic E-state index is 12.9. The molecule has 1 fully saturated rings. The van der Waals surface area contributed by atoms with Crippen molar-refractivity contribution in [3.05, 3.63) is 54.1 Å². The molecule has 0 aliphatic carbocycles. The number of halogens is 6. The Morgan fingerprint density at radius 1 is 1.18 bits per heavy atom. The van der Waals surface area contributed by atoms with E-state index in [1.807, 2.05) is 0 Å². The monoisotopic (exact) mass is 507 g/mol. The van der Waals surface area contributed by atoms with Crippen LogP contribution in [0.2, 0.25) is 0 Å². The Bertz CT molecular complexity index is 1070. The number of carbonyl (C=O) groups excluding carboxylic acids is 2. The van der Waals surface area contributed by atoms with Crippen LogP contribution in [0, 0.1) is 0 Å². The first-order valence-corrected chi connectivity index (χ1v) is 10.4. The minimum atomic E-state index is -4.56. The quantitative estimate of drug-likeness (QED) is 0.431. The number of carbonyl (C=O) groups is 2. The number of rotatable bonds is 5. The van der Waals surface area contributed by atoms with Gasteiger partial charge in [0.2, 0.25) is 11.8 Å². The van der Waals surface area contributed by atoms with Gasteiger partial charge in [-0.1, -0.05) is 17.8 Å². The topological polar surface area (TPSA) is 71.0 Å². The van der Waals surface area contributed by atoms with Gasteiger partial charge >= 0.3 is 11.7 Å². The number of nitrogens with one attached hydrogen (secondary N) is 1. The van der Waals surface area contributed by atoms with Crippen LogP contribution >= 0.6 is 23.4 Å². The number of hydrogen-bond donors (Lipinski definition) is 1. The fourth-order valence-corrected chi connectivity index (χ4v) is 3.88. The normalized spacial score (nSPS) is 18.4. The lowest BCUT2D eigenvalue weighted by Gasteiger charge is -2.28. The lowest BCUT2D eigenvalue weighted by atomic mass is 10.2. The molecule has 0 saturated carbocycles. The molecule has 2 amide bonds. The van der Waals surface area contributed by atoms with Crippen molar-refractivity contribution in [1.82, 2.24) is 4.90 Å². The van der Waals surface area contributed by atoms with Gasteiger partial charge in [0, 0.05) is 30.8 Å².